The van der Waals surface area contributed by atoms with Gasteiger partial charge in [-0.1, -0.05) is 0 Å². The highest BCUT2D eigenvalue weighted by atomic mass is 16.5. The number of aromatic nitrogens is 2. The number of nitrogens with two attached hydrogens (primary N) is 1. The Kier molecular flexibility index (Phi) is 2.93. The fraction of sp³-hybridized carbons (Fsp3) is 0.231. The highest BCUT2D eigenvalue weighted by Crippen LogP contribution is 2.42. The summed E-state index contributed by atoms with van der Waals surface area (Å²) >= 11 is 0. The number of ether oxygens (including phenoxy) is 2. The topological polar surface area (TPSA) is 110 Å². The molecule has 20 heavy (non-hydrogen) atoms. The Morgan fingerprint density at radius 1 is 1.60 bits per heavy atom. The van der Waals surface area contributed by atoms with Gasteiger partial charge in [0.1, 0.15) is 11.6 Å². The fourth-order valence-electron chi connectivity index (χ4n) is 2.34. The van der Waals surface area contributed by atoms with Gasteiger partial charge in [0.2, 0.25) is 11.8 Å². The summed E-state index contributed by atoms with van der Waals surface area (Å²) in [6.07, 6.45) is 3.12. The van der Waals surface area contributed by atoms with E-state index in [1.807, 2.05) is 0 Å². The Morgan fingerprint density at radius 3 is 3.10 bits per heavy atom. The average molecular weight is 272 g/mol. The minimum absolute atomic E-state index is 0.0571. The normalized spacial score (nSPS) is 17.5. The van der Waals surface area contributed by atoms with Crippen molar-refractivity contribution in [3.8, 4) is 11.9 Å². The molecular weight excluding hydrogens is 260 g/mol. The third-order valence-electron chi connectivity index (χ3n) is 3.18. The first kappa shape index (κ1) is 12.3. The molecule has 2 aromatic heterocycles. The molecule has 7 nitrogen and oxygen atoms in total. The van der Waals surface area contributed by atoms with E-state index in [0.29, 0.717) is 18.1 Å². The van der Waals surface area contributed by atoms with Crippen LogP contribution in [0.15, 0.2) is 34.5 Å². The molecule has 0 bridgehead atoms. The highest BCUT2D eigenvalue weighted by Gasteiger charge is 2.35. The zero-order valence-corrected chi connectivity index (χ0v) is 10.7. The van der Waals surface area contributed by atoms with E-state index in [9.17, 15) is 5.26 Å². The Balaban J connectivity index is 2.19. The molecule has 7 heteroatoms. The number of aromatic amines is 1. The lowest BCUT2D eigenvalue weighted by molar-refractivity contribution is 0.180. The molecule has 2 aromatic rings. The number of methoxy groups -OCH3 is 1. The van der Waals surface area contributed by atoms with Crippen molar-refractivity contribution in [3.05, 3.63) is 46.9 Å². The predicted molar refractivity (Wildman–Crippen MR) is 67.3 cm³/mol. The minimum atomic E-state index is -0.369. The summed E-state index contributed by atoms with van der Waals surface area (Å²) in [5.74, 6) is 0.0489. The SMILES string of the molecule is COCc1[nH]nc2c1C(c1ccoc1)C(C#N)=C(N)O2. The van der Waals surface area contributed by atoms with Gasteiger partial charge in [-0.3, -0.25) is 5.10 Å². The molecule has 1 atom stereocenters. The van der Waals surface area contributed by atoms with Crippen molar-refractivity contribution >= 4 is 0 Å². The van der Waals surface area contributed by atoms with Gasteiger partial charge in [0.15, 0.2) is 0 Å². The first-order chi connectivity index (χ1) is 9.76. The van der Waals surface area contributed by atoms with E-state index in [-0.39, 0.29) is 11.8 Å². The summed E-state index contributed by atoms with van der Waals surface area (Å²) in [7, 11) is 1.58. The number of nitrogens with one attached hydrogen (secondary N) is 1. The Hall–Kier alpha value is -2.72. The van der Waals surface area contributed by atoms with Crippen LogP contribution in [0.3, 0.4) is 0 Å². The van der Waals surface area contributed by atoms with Gasteiger partial charge >= 0.3 is 0 Å². The van der Waals surface area contributed by atoms with Gasteiger partial charge in [-0.15, -0.1) is 5.10 Å². The van der Waals surface area contributed by atoms with Crippen LogP contribution in [0.2, 0.25) is 0 Å². The molecule has 3 rings (SSSR count). The van der Waals surface area contributed by atoms with Crippen molar-refractivity contribution in [3.63, 3.8) is 0 Å². The van der Waals surface area contributed by atoms with Crippen LogP contribution < -0.4 is 10.5 Å². The third-order valence-corrected chi connectivity index (χ3v) is 3.18. The monoisotopic (exact) mass is 272 g/mol. The smallest absolute Gasteiger partial charge is 0.244 e. The van der Waals surface area contributed by atoms with Crippen LogP contribution in [-0.2, 0) is 11.3 Å². The molecule has 0 aliphatic carbocycles. The lowest BCUT2D eigenvalue weighted by Gasteiger charge is -2.22. The molecule has 0 radical (unpaired) electrons. The summed E-state index contributed by atoms with van der Waals surface area (Å²) in [6, 6.07) is 3.88. The summed E-state index contributed by atoms with van der Waals surface area (Å²) in [5, 5.41) is 16.3. The highest BCUT2D eigenvalue weighted by molar-refractivity contribution is 5.54. The van der Waals surface area contributed by atoms with Gasteiger partial charge in [0.25, 0.3) is 0 Å². The number of hydrogen-bond acceptors (Lipinski definition) is 6. The van der Waals surface area contributed by atoms with E-state index in [1.54, 1.807) is 25.7 Å². The van der Waals surface area contributed by atoms with E-state index in [4.69, 9.17) is 19.6 Å². The Bertz CT molecular complexity index is 694. The van der Waals surface area contributed by atoms with Crippen LogP contribution in [0.4, 0.5) is 0 Å². The fourth-order valence-corrected chi connectivity index (χ4v) is 2.34. The van der Waals surface area contributed by atoms with Gasteiger partial charge in [-0.25, -0.2) is 0 Å². The van der Waals surface area contributed by atoms with Gasteiger partial charge in [0.05, 0.1) is 36.3 Å². The van der Waals surface area contributed by atoms with Crippen molar-refractivity contribution in [1.82, 2.24) is 10.2 Å². The number of furan rings is 1. The van der Waals surface area contributed by atoms with Gasteiger partial charge in [-0.05, 0) is 6.07 Å². The Morgan fingerprint density at radius 2 is 2.45 bits per heavy atom. The first-order valence-corrected chi connectivity index (χ1v) is 5.92. The molecule has 102 valence electrons. The summed E-state index contributed by atoms with van der Waals surface area (Å²) in [5.41, 5.74) is 8.44. The van der Waals surface area contributed by atoms with Crippen molar-refractivity contribution in [2.75, 3.05) is 7.11 Å². The molecule has 0 saturated carbocycles. The summed E-state index contributed by atoms with van der Waals surface area (Å²) in [4.78, 5) is 0. The minimum Gasteiger partial charge on any atom is -0.472 e. The van der Waals surface area contributed by atoms with E-state index in [2.05, 4.69) is 16.3 Å². The standard InChI is InChI=1S/C13H12N4O3/c1-18-6-9-11-10(7-2-3-19-5-7)8(4-14)12(15)20-13(11)17-16-9/h2-3,5,10H,6,15H2,1H3,(H,16,17). The molecule has 3 heterocycles. The van der Waals surface area contributed by atoms with Crippen LogP contribution in [0, 0.1) is 11.3 Å². The Labute approximate surface area is 114 Å². The van der Waals surface area contributed by atoms with Crippen LogP contribution >= 0.6 is 0 Å². The second-order valence-corrected chi connectivity index (χ2v) is 4.34. The molecule has 0 spiro atoms. The molecular formula is C13H12N4O3. The molecule has 1 unspecified atom stereocenters. The number of nitriles is 1. The van der Waals surface area contributed by atoms with Crippen LogP contribution in [0.5, 0.6) is 5.88 Å². The quantitative estimate of drug-likeness (QED) is 0.873. The number of nitrogens with zero attached hydrogens (tertiary/aromatic N) is 2. The summed E-state index contributed by atoms with van der Waals surface area (Å²) in [6.45, 7) is 0.332. The second kappa shape index (κ2) is 4.75. The van der Waals surface area contributed by atoms with Gasteiger partial charge in [-0.2, -0.15) is 5.26 Å². The molecule has 3 N–H and O–H groups in total. The number of rotatable bonds is 3. The van der Waals surface area contributed by atoms with Crippen LogP contribution in [0.25, 0.3) is 0 Å². The van der Waals surface area contributed by atoms with Gasteiger partial charge < -0.3 is 19.6 Å². The van der Waals surface area contributed by atoms with E-state index < -0.39 is 0 Å². The zero-order valence-electron chi connectivity index (χ0n) is 10.7. The largest absolute Gasteiger partial charge is 0.472 e. The predicted octanol–water partition coefficient (Wildman–Crippen LogP) is 1.37. The molecule has 0 aromatic carbocycles. The van der Waals surface area contributed by atoms with E-state index >= 15 is 0 Å². The molecule has 0 saturated heterocycles. The van der Waals surface area contributed by atoms with E-state index in [1.165, 1.54) is 0 Å². The van der Waals surface area contributed by atoms with Crippen molar-refractivity contribution in [1.29, 1.82) is 5.26 Å². The summed E-state index contributed by atoms with van der Waals surface area (Å²) < 4.78 is 15.6. The first-order valence-electron chi connectivity index (χ1n) is 5.92. The van der Waals surface area contributed by atoms with Crippen molar-refractivity contribution in [2.45, 2.75) is 12.5 Å². The number of fused-ring (bicyclic) bond motifs is 1. The second-order valence-electron chi connectivity index (χ2n) is 4.34. The maximum Gasteiger partial charge on any atom is 0.244 e. The van der Waals surface area contributed by atoms with Crippen LogP contribution in [0.1, 0.15) is 22.7 Å². The number of H-pyrrole nitrogens is 1. The van der Waals surface area contributed by atoms with Crippen molar-refractivity contribution in [2.24, 2.45) is 5.73 Å². The lowest BCUT2D eigenvalue weighted by atomic mass is 9.85. The van der Waals surface area contributed by atoms with Gasteiger partial charge in [0, 0.05) is 12.7 Å². The number of hydrogen-bond donors (Lipinski definition) is 2. The number of allylic oxidation sites excluding steroid dienone is 1. The maximum absolute atomic E-state index is 9.35. The molecule has 0 amide bonds. The molecule has 1 aliphatic rings. The maximum atomic E-state index is 9.35. The average Bonchev–Trinajstić information content (AvgIpc) is 3.08. The van der Waals surface area contributed by atoms with Crippen LogP contribution in [-0.4, -0.2) is 17.3 Å². The van der Waals surface area contributed by atoms with Crippen molar-refractivity contribution < 1.29 is 13.9 Å². The zero-order chi connectivity index (χ0) is 14.1. The molecule has 0 fully saturated rings. The lowest BCUT2D eigenvalue weighted by Crippen LogP contribution is -2.21. The third kappa shape index (κ3) is 1.74. The van der Waals surface area contributed by atoms with E-state index in [0.717, 1.165) is 16.8 Å². The molecule has 1 aliphatic heterocycles.